The first-order chi connectivity index (χ1) is 9.63. The average Bonchev–Trinajstić information content (AvgIpc) is 2.98. The molecule has 3 amide bonds. The Labute approximate surface area is 115 Å². The summed E-state index contributed by atoms with van der Waals surface area (Å²) < 4.78 is 4.81. The van der Waals surface area contributed by atoms with Gasteiger partial charge in [-0.3, -0.25) is 9.59 Å². The van der Waals surface area contributed by atoms with Gasteiger partial charge < -0.3 is 10.1 Å². The van der Waals surface area contributed by atoms with Gasteiger partial charge in [0.2, 0.25) is 0 Å². The number of alkyl carbamates (subject to hydrolysis) is 1. The maximum absolute atomic E-state index is 11.5. The minimum absolute atomic E-state index is 0.0370. The molecule has 0 spiro atoms. The number of carbonyl (C=O) groups is 3. The molecule has 1 unspecified atom stereocenters. The number of benzene rings is 1. The van der Waals surface area contributed by atoms with Gasteiger partial charge in [-0.1, -0.05) is 12.1 Å². The molecule has 1 fully saturated rings. The average molecular weight is 272 g/mol. The molecule has 102 valence electrons. The maximum Gasteiger partial charge on any atom is 0.407 e. The maximum atomic E-state index is 11.5. The molecule has 0 saturated carbocycles. The number of nitrogens with zero attached hydrogens (tertiary/aromatic N) is 1. The molecule has 2 aliphatic rings. The van der Waals surface area contributed by atoms with E-state index in [2.05, 4.69) is 5.32 Å². The molecule has 1 aromatic rings. The minimum atomic E-state index is -0.397. The van der Waals surface area contributed by atoms with E-state index in [1.807, 2.05) is 12.1 Å². The van der Waals surface area contributed by atoms with Crippen LogP contribution in [0.3, 0.4) is 0 Å². The summed E-state index contributed by atoms with van der Waals surface area (Å²) in [4.78, 5) is 35.1. The Kier molecular flexibility index (Phi) is 2.98. The minimum Gasteiger partial charge on any atom is -0.447 e. The Balaban J connectivity index is 1.70. The molecule has 3 rings (SSSR count). The standard InChI is InChI=1S/C14H12N2O4/c17-12-5-6-13(18)16(12)11-3-1-9(2-4-11)7-10-8-20-14(19)15-10/h1-6,10H,7-8H2,(H,15,19). The highest BCUT2D eigenvalue weighted by molar-refractivity contribution is 6.28. The second-order valence-corrected chi connectivity index (χ2v) is 4.66. The highest BCUT2D eigenvalue weighted by Crippen LogP contribution is 2.20. The summed E-state index contributed by atoms with van der Waals surface area (Å²) in [5.74, 6) is -0.668. The molecule has 2 aliphatic heterocycles. The molecule has 1 aromatic carbocycles. The van der Waals surface area contributed by atoms with Crippen molar-refractivity contribution < 1.29 is 19.1 Å². The summed E-state index contributed by atoms with van der Waals surface area (Å²) >= 11 is 0. The van der Waals surface area contributed by atoms with Gasteiger partial charge >= 0.3 is 6.09 Å². The van der Waals surface area contributed by atoms with Crippen LogP contribution in [0.25, 0.3) is 0 Å². The summed E-state index contributed by atoms with van der Waals surface area (Å²) in [5, 5.41) is 2.70. The number of anilines is 1. The second-order valence-electron chi connectivity index (χ2n) is 4.66. The lowest BCUT2D eigenvalue weighted by molar-refractivity contribution is -0.119. The number of nitrogens with one attached hydrogen (secondary N) is 1. The Morgan fingerprint density at radius 1 is 1.10 bits per heavy atom. The normalized spacial score (nSPS) is 21.3. The highest BCUT2D eigenvalue weighted by Gasteiger charge is 2.25. The van der Waals surface area contributed by atoms with Gasteiger partial charge in [-0.2, -0.15) is 0 Å². The number of cyclic esters (lactones) is 1. The number of carbonyl (C=O) groups excluding carboxylic acids is 3. The lowest BCUT2D eigenvalue weighted by Crippen LogP contribution is -2.30. The van der Waals surface area contributed by atoms with Crippen molar-refractivity contribution in [3.05, 3.63) is 42.0 Å². The Morgan fingerprint density at radius 3 is 2.30 bits per heavy atom. The topological polar surface area (TPSA) is 75.7 Å². The third-order valence-electron chi connectivity index (χ3n) is 3.22. The van der Waals surface area contributed by atoms with Crippen LogP contribution in [0.15, 0.2) is 36.4 Å². The van der Waals surface area contributed by atoms with E-state index in [-0.39, 0.29) is 17.9 Å². The van der Waals surface area contributed by atoms with Crippen molar-refractivity contribution in [3.8, 4) is 0 Å². The number of amides is 3. The van der Waals surface area contributed by atoms with Gasteiger partial charge in [-0.25, -0.2) is 9.69 Å². The van der Waals surface area contributed by atoms with Crippen molar-refractivity contribution >= 4 is 23.6 Å². The predicted molar refractivity (Wildman–Crippen MR) is 70.1 cm³/mol. The van der Waals surface area contributed by atoms with Gasteiger partial charge in [0, 0.05) is 12.2 Å². The van der Waals surface area contributed by atoms with E-state index in [0.29, 0.717) is 18.7 Å². The fourth-order valence-electron chi connectivity index (χ4n) is 2.26. The van der Waals surface area contributed by atoms with E-state index in [1.165, 1.54) is 12.2 Å². The second kappa shape index (κ2) is 4.80. The molecule has 20 heavy (non-hydrogen) atoms. The van der Waals surface area contributed by atoms with Gasteiger partial charge in [-0.05, 0) is 24.1 Å². The van der Waals surface area contributed by atoms with E-state index in [0.717, 1.165) is 10.5 Å². The van der Waals surface area contributed by atoms with Crippen molar-refractivity contribution in [1.82, 2.24) is 5.32 Å². The van der Waals surface area contributed by atoms with Crippen LogP contribution in [0.4, 0.5) is 10.5 Å². The fourth-order valence-corrected chi connectivity index (χ4v) is 2.26. The zero-order valence-corrected chi connectivity index (χ0v) is 10.5. The van der Waals surface area contributed by atoms with E-state index in [4.69, 9.17) is 4.74 Å². The van der Waals surface area contributed by atoms with Crippen LogP contribution >= 0.6 is 0 Å². The molecule has 0 aliphatic carbocycles. The van der Waals surface area contributed by atoms with Gasteiger partial charge in [0.05, 0.1) is 11.7 Å². The number of rotatable bonds is 3. The largest absolute Gasteiger partial charge is 0.447 e. The van der Waals surface area contributed by atoms with Crippen LogP contribution < -0.4 is 10.2 Å². The van der Waals surface area contributed by atoms with Crippen molar-refractivity contribution in [3.63, 3.8) is 0 Å². The molecule has 6 nitrogen and oxygen atoms in total. The Hall–Kier alpha value is -2.63. The molecule has 1 N–H and O–H groups in total. The van der Waals surface area contributed by atoms with Crippen molar-refractivity contribution in [1.29, 1.82) is 0 Å². The molecule has 0 aromatic heterocycles. The Morgan fingerprint density at radius 2 is 1.75 bits per heavy atom. The Bertz CT molecular complexity index is 588. The van der Waals surface area contributed by atoms with E-state index < -0.39 is 6.09 Å². The van der Waals surface area contributed by atoms with Crippen LogP contribution in [0, 0.1) is 0 Å². The van der Waals surface area contributed by atoms with Crippen LogP contribution in [0.2, 0.25) is 0 Å². The molecule has 0 bridgehead atoms. The molecular weight excluding hydrogens is 260 g/mol. The smallest absolute Gasteiger partial charge is 0.407 e. The molecule has 1 atom stereocenters. The zero-order valence-electron chi connectivity index (χ0n) is 10.5. The summed E-state index contributed by atoms with van der Waals surface area (Å²) in [6.45, 7) is 0.355. The number of hydrogen-bond donors (Lipinski definition) is 1. The van der Waals surface area contributed by atoms with Crippen LogP contribution in [0.5, 0.6) is 0 Å². The molecule has 2 heterocycles. The molecule has 1 saturated heterocycles. The summed E-state index contributed by atoms with van der Waals surface area (Å²) in [6, 6.07) is 7.06. The molecule has 0 radical (unpaired) electrons. The van der Waals surface area contributed by atoms with E-state index in [1.54, 1.807) is 12.1 Å². The monoisotopic (exact) mass is 272 g/mol. The van der Waals surface area contributed by atoms with Gasteiger partial charge in [0.1, 0.15) is 6.61 Å². The third kappa shape index (κ3) is 2.27. The predicted octanol–water partition coefficient (Wildman–Crippen LogP) is 0.767. The van der Waals surface area contributed by atoms with E-state index >= 15 is 0 Å². The van der Waals surface area contributed by atoms with Crippen LogP contribution in [-0.4, -0.2) is 30.6 Å². The third-order valence-corrected chi connectivity index (χ3v) is 3.22. The summed E-state index contributed by atoms with van der Waals surface area (Å²) in [5.41, 5.74) is 1.54. The summed E-state index contributed by atoms with van der Waals surface area (Å²) in [6.07, 6.45) is 2.75. The number of hydrogen-bond acceptors (Lipinski definition) is 4. The van der Waals surface area contributed by atoms with Gasteiger partial charge in [0.15, 0.2) is 0 Å². The van der Waals surface area contributed by atoms with Gasteiger partial charge in [-0.15, -0.1) is 0 Å². The SMILES string of the molecule is O=C1NC(Cc2ccc(N3C(=O)C=CC3=O)cc2)CO1. The lowest BCUT2D eigenvalue weighted by Gasteiger charge is -2.14. The highest BCUT2D eigenvalue weighted by atomic mass is 16.6. The number of imide groups is 1. The van der Waals surface area contributed by atoms with Crippen molar-refractivity contribution in [2.24, 2.45) is 0 Å². The first-order valence-corrected chi connectivity index (χ1v) is 6.22. The van der Waals surface area contributed by atoms with Crippen LogP contribution in [0.1, 0.15) is 5.56 Å². The molecule has 6 heteroatoms. The van der Waals surface area contributed by atoms with E-state index in [9.17, 15) is 14.4 Å². The van der Waals surface area contributed by atoms with Crippen LogP contribution in [-0.2, 0) is 20.7 Å². The van der Waals surface area contributed by atoms with Crippen molar-refractivity contribution in [2.45, 2.75) is 12.5 Å². The quantitative estimate of drug-likeness (QED) is 0.824. The fraction of sp³-hybridized carbons (Fsp3) is 0.214. The number of ether oxygens (including phenoxy) is 1. The lowest BCUT2D eigenvalue weighted by atomic mass is 10.1. The van der Waals surface area contributed by atoms with Crippen molar-refractivity contribution in [2.75, 3.05) is 11.5 Å². The van der Waals surface area contributed by atoms with Gasteiger partial charge in [0.25, 0.3) is 11.8 Å². The first kappa shape index (κ1) is 12.4. The summed E-state index contributed by atoms with van der Waals surface area (Å²) in [7, 11) is 0. The zero-order chi connectivity index (χ0) is 14.1. The first-order valence-electron chi connectivity index (χ1n) is 6.22. The molecular formula is C14H12N2O4.